The first-order chi connectivity index (χ1) is 7.18. The minimum Gasteiger partial charge on any atom is -0.394 e. The number of aromatic nitrogens is 1. The van der Waals surface area contributed by atoms with E-state index in [-0.39, 0.29) is 5.82 Å². The molecule has 6 heteroatoms. The molecule has 82 valence electrons. The fourth-order valence-corrected chi connectivity index (χ4v) is 1.79. The minimum absolute atomic E-state index is 0.281. The molecule has 1 aliphatic heterocycles. The van der Waals surface area contributed by atoms with Crippen LogP contribution in [0.3, 0.4) is 0 Å². The zero-order valence-corrected chi connectivity index (χ0v) is 9.00. The van der Waals surface area contributed by atoms with Gasteiger partial charge in [0.1, 0.15) is 5.15 Å². The molecule has 0 radical (unpaired) electrons. The average Bonchev–Trinajstić information content (AvgIpc) is 2.24. The minimum atomic E-state index is 0.281. The van der Waals surface area contributed by atoms with E-state index in [2.05, 4.69) is 9.88 Å². The van der Waals surface area contributed by atoms with Gasteiger partial charge >= 0.3 is 0 Å². The molecular weight excluding hydrogens is 216 g/mol. The van der Waals surface area contributed by atoms with Gasteiger partial charge in [-0.2, -0.15) is 0 Å². The summed E-state index contributed by atoms with van der Waals surface area (Å²) in [6.07, 6.45) is 0. The van der Waals surface area contributed by atoms with Gasteiger partial charge in [0.25, 0.3) is 0 Å². The number of pyridine rings is 1. The van der Waals surface area contributed by atoms with Crippen LogP contribution in [0.2, 0.25) is 5.15 Å². The first-order valence-electron chi connectivity index (χ1n) is 4.72. The van der Waals surface area contributed by atoms with Crippen molar-refractivity contribution < 1.29 is 4.74 Å². The highest BCUT2D eigenvalue weighted by atomic mass is 35.5. The molecule has 0 amide bonds. The first-order valence-corrected chi connectivity index (χ1v) is 5.10. The van der Waals surface area contributed by atoms with Gasteiger partial charge in [0, 0.05) is 19.2 Å². The topological polar surface area (TPSA) is 77.4 Å². The normalized spacial score (nSPS) is 16.7. The molecule has 1 fully saturated rings. The molecule has 2 rings (SSSR count). The zero-order valence-electron chi connectivity index (χ0n) is 8.24. The number of nitrogens with zero attached hydrogens (tertiary/aromatic N) is 2. The Bertz CT molecular complexity index is 365. The predicted octanol–water partition coefficient (Wildman–Crippen LogP) is 0.736. The van der Waals surface area contributed by atoms with Crippen LogP contribution in [0.25, 0.3) is 0 Å². The summed E-state index contributed by atoms with van der Waals surface area (Å²) in [4.78, 5) is 5.99. The molecule has 1 saturated heterocycles. The highest BCUT2D eigenvalue weighted by molar-refractivity contribution is 6.30. The Morgan fingerprint density at radius 3 is 2.67 bits per heavy atom. The van der Waals surface area contributed by atoms with Crippen molar-refractivity contribution in [3.05, 3.63) is 11.2 Å². The van der Waals surface area contributed by atoms with Crippen LogP contribution in [-0.2, 0) is 4.74 Å². The second-order valence-corrected chi connectivity index (χ2v) is 3.75. The largest absolute Gasteiger partial charge is 0.394 e. The van der Waals surface area contributed by atoms with Gasteiger partial charge in [-0.1, -0.05) is 11.6 Å². The lowest BCUT2D eigenvalue weighted by molar-refractivity contribution is 0.123. The monoisotopic (exact) mass is 228 g/mol. The third-order valence-electron chi connectivity index (χ3n) is 2.39. The fraction of sp³-hybridized carbons (Fsp3) is 0.444. The third-order valence-corrected chi connectivity index (χ3v) is 2.58. The summed E-state index contributed by atoms with van der Waals surface area (Å²) in [5.41, 5.74) is 12.8. The molecule has 5 nitrogen and oxygen atoms in total. The lowest BCUT2D eigenvalue weighted by Crippen LogP contribution is -2.36. The Morgan fingerprint density at radius 1 is 1.33 bits per heavy atom. The van der Waals surface area contributed by atoms with E-state index in [9.17, 15) is 0 Å². The van der Waals surface area contributed by atoms with Crippen molar-refractivity contribution in [3.8, 4) is 0 Å². The maximum absolute atomic E-state index is 5.85. The second-order valence-electron chi connectivity index (χ2n) is 3.36. The molecule has 2 heterocycles. The number of rotatable bonds is 1. The summed E-state index contributed by atoms with van der Waals surface area (Å²) in [6.45, 7) is 2.98. The van der Waals surface area contributed by atoms with Crippen LogP contribution in [-0.4, -0.2) is 31.3 Å². The van der Waals surface area contributed by atoms with Crippen LogP contribution >= 0.6 is 11.6 Å². The van der Waals surface area contributed by atoms with Gasteiger partial charge in [0.15, 0.2) is 5.82 Å². The molecule has 1 aromatic heterocycles. The highest BCUT2D eigenvalue weighted by Gasteiger charge is 2.16. The Labute approximate surface area is 93.0 Å². The van der Waals surface area contributed by atoms with E-state index in [1.807, 2.05) is 0 Å². The summed E-state index contributed by atoms with van der Waals surface area (Å²) in [7, 11) is 0. The van der Waals surface area contributed by atoms with Crippen LogP contribution in [0.5, 0.6) is 0 Å². The second kappa shape index (κ2) is 4.12. The summed E-state index contributed by atoms with van der Waals surface area (Å²) in [6, 6.07) is 1.73. The number of nitrogen functional groups attached to an aromatic ring is 2. The van der Waals surface area contributed by atoms with Crippen LogP contribution in [0.1, 0.15) is 0 Å². The number of halogens is 1. The fourth-order valence-electron chi connectivity index (χ4n) is 1.60. The van der Waals surface area contributed by atoms with Crippen LogP contribution in [0, 0.1) is 0 Å². The van der Waals surface area contributed by atoms with Crippen molar-refractivity contribution >= 4 is 28.8 Å². The number of hydrogen-bond acceptors (Lipinski definition) is 5. The number of hydrogen-bond donors (Lipinski definition) is 2. The van der Waals surface area contributed by atoms with Crippen molar-refractivity contribution in [2.75, 3.05) is 42.7 Å². The quantitative estimate of drug-likeness (QED) is 0.694. The van der Waals surface area contributed by atoms with E-state index in [0.29, 0.717) is 24.1 Å². The van der Waals surface area contributed by atoms with Crippen LogP contribution < -0.4 is 16.4 Å². The van der Waals surface area contributed by atoms with E-state index >= 15 is 0 Å². The van der Waals surface area contributed by atoms with Crippen molar-refractivity contribution in [1.82, 2.24) is 4.98 Å². The molecule has 0 atom stereocenters. The molecule has 1 aliphatic rings. The first kappa shape index (κ1) is 10.3. The van der Waals surface area contributed by atoms with E-state index in [4.69, 9.17) is 27.8 Å². The number of anilines is 3. The van der Waals surface area contributed by atoms with E-state index in [1.54, 1.807) is 6.07 Å². The Hall–Kier alpha value is -1.20. The third kappa shape index (κ3) is 2.08. The summed E-state index contributed by atoms with van der Waals surface area (Å²) in [5.74, 6) is 0.281. The lowest BCUT2D eigenvalue weighted by Gasteiger charge is -2.30. The highest BCUT2D eigenvalue weighted by Crippen LogP contribution is 2.30. The van der Waals surface area contributed by atoms with Crippen molar-refractivity contribution in [2.24, 2.45) is 0 Å². The smallest absolute Gasteiger partial charge is 0.150 e. The van der Waals surface area contributed by atoms with Crippen LogP contribution in [0.4, 0.5) is 17.2 Å². The SMILES string of the molecule is Nc1nc(Cl)cc(N2CCOCC2)c1N. The standard InChI is InChI=1S/C9H13ClN4O/c10-7-5-6(8(11)9(12)13-7)14-1-3-15-4-2-14/h5H,1-4,11H2,(H2,12,13). The average molecular weight is 229 g/mol. The molecule has 15 heavy (non-hydrogen) atoms. The Balaban J connectivity index is 2.33. The number of morpholine rings is 1. The number of ether oxygens (including phenoxy) is 1. The summed E-state index contributed by atoms with van der Waals surface area (Å²) >= 11 is 5.84. The number of nitrogens with two attached hydrogens (primary N) is 2. The van der Waals surface area contributed by atoms with Gasteiger partial charge in [-0.05, 0) is 0 Å². The van der Waals surface area contributed by atoms with E-state index in [1.165, 1.54) is 0 Å². The van der Waals surface area contributed by atoms with Gasteiger partial charge in [0.2, 0.25) is 0 Å². The molecule has 0 aromatic carbocycles. The van der Waals surface area contributed by atoms with Crippen molar-refractivity contribution in [3.63, 3.8) is 0 Å². The molecule has 0 aliphatic carbocycles. The molecular formula is C9H13ClN4O. The Kier molecular flexibility index (Phi) is 2.83. The molecule has 0 spiro atoms. The lowest BCUT2D eigenvalue weighted by atomic mass is 10.2. The van der Waals surface area contributed by atoms with Crippen molar-refractivity contribution in [1.29, 1.82) is 0 Å². The Morgan fingerprint density at radius 2 is 2.00 bits per heavy atom. The van der Waals surface area contributed by atoms with Gasteiger partial charge in [-0.25, -0.2) is 4.98 Å². The van der Waals surface area contributed by atoms with Gasteiger partial charge < -0.3 is 21.1 Å². The van der Waals surface area contributed by atoms with Crippen LogP contribution in [0.15, 0.2) is 6.07 Å². The van der Waals surface area contributed by atoms with Gasteiger partial charge in [0.05, 0.1) is 24.6 Å². The molecule has 0 bridgehead atoms. The van der Waals surface area contributed by atoms with Gasteiger partial charge in [-0.3, -0.25) is 0 Å². The molecule has 4 N–H and O–H groups in total. The molecule has 1 aromatic rings. The van der Waals surface area contributed by atoms with Gasteiger partial charge in [-0.15, -0.1) is 0 Å². The molecule has 0 unspecified atom stereocenters. The van der Waals surface area contributed by atoms with Crippen molar-refractivity contribution in [2.45, 2.75) is 0 Å². The van der Waals surface area contributed by atoms with E-state index in [0.717, 1.165) is 18.8 Å². The molecule has 0 saturated carbocycles. The summed E-state index contributed by atoms with van der Waals surface area (Å²) in [5, 5.41) is 0.364. The van der Waals surface area contributed by atoms with E-state index < -0.39 is 0 Å². The zero-order chi connectivity index (χ0) is 10.8. The summed E-state index contributed by atoms with van der Waals surface area (Å²) < 4.78 is 5.26. The maximum Gasteiger partial charge on any atom is 0.150 e. The predicted molar refractivity (Wildman–Crippen MR) is 61.1 cm³/mol. The maximum atomic E-state index is 5.85.